The van der Waals surface area contributed by atoms with Crippen LogP contribution >= 0.6 is 0 Å². The van der Waals surface area contributed by atoms with Crippen molar-refractivity contribution >= 4 is 21.6 Å². The van der Waals surface area contributed by atoms with Crippen molar-refractivity contribution in [3.63, 3.8) is 0 Å². The number of rotatable bonds is 10. The number of benzene rings is 3. The minimum absolute atomic E-state index is 0.0144. The number of hydrogen-bond donors (Lipinski definition) is 1. The second-order valence-corrected chi connectivity index (χ2v) is 12.2. The molecule has 1 N–H and O–H groups in total. The van der Waals surface area contributed by atoms with Crippen LogP contribution in [0.2, 0.25) is 0 Å². The first-order valence-corrected chi connectivity index (χ1v) is 15.5. The molecule has 0 radical (unpaired) electrons. The number of aryl methyl sites for hydroxylation is 2. The van der Waals surface area contributed by atoms with Gasteiger partial charge in [-0.2, -0.15) is 0 Å². The minimum Gasteiger partial charge on any atom is -0.334 e. The number of hydrogen-bond acceptors (Lipinski definition) is 4. The lowest BCUT2D eigenvalue weighted by molar-refractivity contribution is -0.119. The first-order chi connectivity index (χ1) is 19.7. The maximum Gasteiger partial charge on any atom is 0.241 e. The smallest absolute Gasteiger partial charge is 0.241 e. The average molecular weight is 575 g/mol. The number of fused-ring (bicyclic) bond motifs is 1. The summed E-state index contributed by atoms with van der Waals surface area (Å²) in [6.07, 6.45) is 6.17. The van der Waals surface area contributed by atoms with Gasteiger partial charge in [-0.3, -0.25) is 4.79 Å². The second kappa shape index (κ2) is 12.4. The van der Waals surface area contributed by atoms with E-state index in [-0.39, 0.29) is 16.7 Å². The maximum absolute atomic E-state index is 13.9. The SMILES string of the molecule is CCn1ccnc1CN(C(=O)C[C@H](C)c1ccccc1)c1ccc2c(c1)[C@H](NS(=O)(=O)c1cccc(F)c1)CCC2. The number of anilines is 1. The van der Waals surface area contributed by atoms with Crippen LogP contribution in [0.15, 0.2) is 90.1 Å². The van der Waals surface area contributed by atoms with Crippen molar-refractivity contribution in [3.8, 4) is 0 Å². The molecule has 0 fully saturated rings. The number of carbonyl (C=O) groups is 1. The van der Waals surface area contributed by atoms with Crippen molar-refractivity contribution in [1.82, 2.24) is 14.3 Å². The van der Waals surface area contributed by atoms with E-state index < -0.39 is 21.9 Å². The summed E-state index contributed by atoms with van der Waals surface area (Å²) >= 11 is 0. The van der Waals surface area contributed by atoms with Gasteiger partial charge in [-0.15, -0.1) is 0 Å². The fourth-order valence-corrected chi connectivity index (χ4v) is 6.76. The van der Waals surface area contributed by atoms with Crippen LogP contribution in [0.5, 0.6) is 0 Å². The van der Waals surface area contributed by atoms with E-state index >= 15 is 0 Å². The van der Waals surface area contributed by atoms with E-state index in [2.05, 4.69) is 9.71 Å². The third kappa shape index (κ3) is 6.57. The topological polar surface area (TPSA) is 84.3 Å². The van der Waals surface area contributed by atoms with Crippen molar-refractivity contribution in [3.05, 3.63) is 114 Å². The predicted octanol–water partition coefficient (Wildman–Crippen LogP) is 6.13. The maximum atomic E-state index is 13.9. The summed E-state index contributed by atoms with van der Waals surface area (Å²) in [4.78, 5) is 20.0. The van der Waals surface area contributed by atoms with Gasteiger partial charge in [0.05, 0.1) is 11.4 Å². The number of aromatic nitrogens is 2. The van der Waals surface area contributed by atoms with Crippen LogP contribution in [0.25, 0.3) is 0 Å². The van der Waals surface area contributed by atoms with E-state index in [0.717, 1.165) is 48.0 Å². The van der Waals surface area contributed by atoms with Crippen molar-refractivity contribution in [2.24, 2.45) is 0 Å². The van der Waals surface area contributed by atoms with Crippen LogP contribution in [-0.4, -0.2) is 23.9 Å². The van der Waals surface area contributed by atoms with E-state index in [1.54, 1.807) is 11.1 Å². The molecule has 0 bridgehead atoms. The lowest BCUT2D eigenvalue weighted by Crippen LogP contribution is -2.34. The van der Waals surface area contributed by atoms with Gasteiger partial charge in [0, 0.05) is 37.1 Å². The molecule has 5 rings (SSSR count). The fourth-order valence-electron chi connectivity index (χ4n) is 5.48. The normalized spacial score (nSPS) is 15.7. The quantitative estimate of drug-likeness (QED) is 0.247. The van der Waals surface area contributed by atoms with Crippen LogP contribution in [0.1, 0.15) is 67.6 Å². The Morgan fingerprint density at radius 2 is 1.93 bits per heavy atom. The molecule has 9 heteroatoms. The third-order valence-electron chi connectivity index (χ3n) is 7.75. The van der Waals surface area contributed by atoms with Crippen molar-refractivity contribution in [2.75, 3.05) is 4.90 Å². The Kier molecular flexibility index (Phi) is 8.65. The molecule has 1 aliphatic rings. The largest absolute Gasteiger partial charge is 0.334 e. The molecular weight excluding hydrogens is 539 g/mol. The number of nitrogens with zero attached hydrogens (tertiary/aromatic N) is 3. The molecule has 0 saturated heterocycles. The summed E-state index contributed by atoms with van der Waals surface area (Å²) < 4.78 is 45.0. The Morgan fingerprint density at radius 1 is 1.12 bits per heavy atom. The zero-order valence-electron chi connectivity index (χ0n) is 23.3. The number of amides is 1. The third-order valence-corrected chi connectivity index (χ3v) is 9.22. The molecule has 2 atom stereocenters. The van der Waals surface area contributed by atoms with Gasteiger partial charge in [0.2, 0.25) is 15.9 Å². The predicted molar refractivity (Wildman–Crippen MR) is 157 cm³/mol. The van der Waals surface area contributed by atoms with Crippen molar-refractivity contribution < 1.29 is 17.6 Å². The first kappa shape index (κ1) is 28.7. The number of halogens is 1. The van der Waals surface area contributed by atoms with Gasteiger partial charge < -0.3 is 9.47 Å². The van der Waals surface area contributed by atoms with Gasteiger partial charge in [-0.05, 0) is 79.1 Å². The van der Waals surface area contributed by atoms with E-state index in [1.807, 2.05) is 73.1 Å². The molecule has 3 aromatic carbocycles. The molecule has 214 valence electrons. The molecule has 1 heterocycles. The van der Waals surface area contributed by atoms with Gasteiger partial charge >= 0.3 is 0 Å². The fraction of sp³-hybridized carbons (Fsp3) is 0.312. The molecule has 0 aliphatic heterocycles. The molecule has 1 aliphatic carbocycles. The zero-order chi connectivity index (χ0) is 29.0. The van der Waals surface area contributed by atoms with Crippen LogP contribution in [0.3, 0.4) is 0 Å². The highest BCUT2D eigenvalue weighted by Crippen LogP contribution is 2.35. The van der Waals surface area contributed by atoms with Crippen LogP contribution in [0, 0.1) is 5.82 Å². The van der Waals surface area contributed by atoms with Crippen LogP contribution in [-0.2, 0) is 34.3 Å². The highest BCUT2D eigenvalue weighted by molar-refractivity contribution is 7.89. The Balaban J connectivity index is 1.47. The van der Waals surface area contributed by atoms with Crippen LogP contribution in [0.4, 0.5) is 10.1 Å². The highest BCUT2D eigenvalue weighted by atomic mass is 32.2. The summed E-state index contributed by atoms with van der Waals surface area (Å²) in [6, 6.07) is 20.3. The summed E-state index contributed by atoms with van der Waals surface area (Å²) in [7, 11) is -3.95. The number of imidazole rings is 1. The standard InChI is InChI=1S/C32H35FN4O3S/c1-3-36-18-17-34-31(36)22-37(32(38)19-23(2)24-9-5-4-6-10-24)27-16-15-25-11-7-14-30(29(25)21-27)35-41(39,40)28-13-8-12-26(33)20-28/h4-6,8-10,12-13,15-18,20-21,23,30,35H,3,7,11,14,19,22H2,1-2H3/t23-,30+/m0/s1. The molecule has 0 saturated carbocycles. The molecular formula is C32H35FN4O3S. The summed E-state index contributed by atoms with van der Waals surface area (Å²) in [5, 5.41) is 0. The number of sulfonamides is 1. The van der Waals surface area contributed by atoms with Crippen molar-refractivity contribution in [1.29, 1.82) is 0 Å². The van der Waals surface area contributed by atoms with E-state index in [0.29, 0.717) is 25.1 Å². The molecule has 41 heavy (non-hydrogen) atoms. The molecule has 1 amide bonds. The Labute approximate surface area is 241 Å². The average Bonchev–Trinajstić information content (AvgIpc) is 3.43. The van der Waals surface area contributed by atoms with Gasteiger partial charge in [-0.25, -0.2) is 22.5 Å². The molecule has 0 spiro atoms. The summed E-state index contributed by atoms with van der Waals surface area (Å²) in [5.41, 5.74) is 3.65. The van der Waals surface area contributed by atoms with Gasteiger partial charge in [-0.1, -0.05) is 49.4 Å². The summed E-state index contributed by atoms with van der Waals surface area (Å²) in [5.74, 6) is 0.137. The van der Waals surface area contributed by atoms with Gasteiger partial charge in [0.1, 0.15) is 11.6 Å². The van der Waals surface area contributed by atoms with E-state index in [9.17, 15) is 17.6 Å². The summed E-state index contributed by atoms with van der Waals surface area (Å²) in [6.45, 7) is 5.09. The Hall–Kier alpha value is -3.82. The molecule has 7 nitrogen and oxygen atoms in total. The molecule has 0 unspecified atom stereocenters. The highest BCUT2D eigenvalue weighted by Gasteiger charge is 2.28. The monoisotopic (exact) mass is 574 g/mol. The number of carbonyl (C=O) groups excluding carboxylic acids is 1. The lowest BCUT2D eigenvalue weighted by Gasteiger charge is -2.30. The first-order valence-electron chi connectivity index (χ1n) is 14.0. The number of nitrogens with one attached hydrogen (secondary N) is 1. The molecule has 4 aromatic rings. The minimum atomic E-state index is -3.95. The van der Waals surface area contributed by atoms with E-state index in [1.165, 1.54) is 18.2 Å². The van der Waals surface area contributed by atoms with Gasteiger partial charge in [0.25, 0.3) is 0 Å². The Morgan fingerprint density at radius 3 is 2.68 bits per heavy atom. The van der Waals surface area contributed by atoms with Crippen molar-refractivity contribution in [2.45, 2.75) is 69.5 Å². The molecule has 1 aromatic heterocycles. The lowest BCUT2D eigenvalue weighted by atomic mass is 9.87. The van der Waals surface area contributed by atoms with Gasteiger partial charge in [0.15, 0.2) is 0 Å². The van der Waals surface area contributed by atoms with Crippen LogP contribution < -0.4 is 9.62 Å². The second-order valence-electron chi connectivity index (χ2n) is 10.5. The van der Waals surface area contributed by atoms with E-state index in [4.69, 9.17) is 0 Å². The zero-order valence-corrected chi connectivity index (χ0v) is 24.1. The Bertz CT molecular complexity index is 1620.